The van der Waals surface area contributed by atoms with Crippen molar-refractivity contribution in [2.75, 3.05) is 0 Å². The van der Waals surface area contributed by atoms with Crippen molar-refractivity contribution in [3.05, 3.63) is 154 Å². The molecular weight excluding hydrogens is 655 g/mol. The van der Waals surface area contributed by atoms with Crippen LogP contribution in [0.4, 0.5) is 0 Å². The van der Waals surface area contributed by atoms with Gasteiger partial charge in [-0.3, -0.25) is 0 Å². The second-order valence-electron chi connectivity index (χ2n) is 10.1. The quantitative estimate of drug-likeness (QED) is 0.0645. The second-order valence-corrected chi connectivity index (χ2v) is 19.6. The van der Waals surface area contributed by atoms with Gasteiger partial charge in [0.25, 0.3) is 0 Å². The molecule has 1 aromatic heterocycles. The number of para-hydroxylation sites is 1. The summed E-state index contributed by atoms with van der Waals surface area (Å²) in [5, 5.41) is 5.25. The van der Waals surface area contributed by atoms with E-state index in [9.17, 15) is 9.59 Å². The van der Waals surface area contributed by atoms with Crippen LogP contribution in [0.15, 0.2) is 121 Å². The third-order valence-electron chi connectivity index (χ3n) is 6.43. The molecule has 0 saturated heterocycles. The third kappa shape index (κ3) is 6.83. The Morgan fingerprint density at radius 2 is 1.31 bits per heavy atom. The fourth-order valence-electron chi connectivity index (χ4n) is 4.45. The first kappa shape index (κ1) is 29.4. The van der Waals surface area contributed by atoms with E-state index in [-0.39, 0.29) is 11.6 Å². The van der Waals surface area contributed by atoms with Crippen LogP contribution < -0.4 is 3.07 Å². The summed E-state index contributed by atoms with van der Waals surface area (Å²) in [7, 11) is 0. The fourth-order valence-corrected chi connectivity index (χ4v) is 8.58. The van der Waals surface area contributed by atoms with E-state index in [1.54, 1.807) is 48.0 Å². The van der Waals surface area contributed by atoms with Crippen LogP contribution >= 0.6 is 11.6 Å². The first-order chi connectivity index (χ1) is 20.2. The molecule has 6 nitrogen and oxygen atoms in total. The molecule has 1 heterocycles. The number of allylic oxidation sites excluding steroid dienone is 1. The maximum absolute atomic E-state index is 13.8. The fraction of sp³-hybridized carbons (Fsp3) is 0.0882. The Balaban J connectivity index is 1.56. The number of carbonyl (C=O) groups excluding carboxylic acids is 2. The molecule has 0 bridgehead atoms. The Kier molecular flexibility index (Phi) is 8.94. The molecule has 0 fully saturated rings. The number of hydrogen-bond acceptors (Lipinski definition) is 5. The Bertz CT molecular complexity index is 1730. The van der Waals surface area contributed by atoms with Crippen molar-refractivity contribution in [2.45, 2.75) is 16.8 Å². The van der Waals surface area contributed by atoms with Crippen molar-refractivity contribution in [1.29, 1.82) is 0 Å². The zero-order valence-electron chi connectivity index (χ0n) is 23.5. The summed E-state index contributed by atoms with van der Waals surface area (Å²) in [5.74, 6) is 0.307. The molecule has 4 aromatic carbocycles. The van der Waals surface area contributed by atoms with Crippen LogP contribution in [0.3, 0.4) is 0 Å². The summed E-state index contributed by atoms with van der Waals surface area (Å²) >= 11 is 2.00. The Morgan fingerprint density at radius 3 is 1.90 bits per heavy atom. The monoisotopic (exact) mass is 684 g/mol. The van der Waals surface area contributed by atoms with Gasteiger partial charge >= 0.3 is 256 Å². The predicted molar refractivity (Wildman–Crippen MR) is 168 cm³/mol. The van der Waals surface area contributed by atoms with E-state index in [0.717, 1.165) is 11.3 Å². The van der Waals surface area contributed by atoms with E-state index < -0.39 is 19.2 Å². The summed E-state index contributed by atoms with van der Waals surface area (Å²) in [5.41, 5.74) is 3.38. The minimum absolute atomic E-state index is 0.180. The molecule has 5 aromatic rings. The van der Waals surface area contributed by atoms with Gasteiger partial charge in [0.2, 0.25) is 0 Å². The second kappa shape index (κ2) is 12.8. The van der Waals surface area contributed by atoms with Gasteiger partial charge in [0, 0.05) is 0 Å². The van der Waals surface area contributed by atoms with Crippen molar-refractivity contribution in [3.8, 4) is 11.6 Å². The van der Waals surface area contributed by atoms with Crippen molar-refractivity contribution in [1.82, 2.24) is 9.78 Å². The number of carbonyl (C=O) groups is 2. The summed E-state index contributed by atoms with van der Waals surface area (Å²) in [6.07, 6.45) is 1.51. The van der Waals surface area contributed by atoms with E-state index in [2.05, 4.69) is 0 Å². The van der Waals surface area contributed by atoms with Gasteiger partial charge in [0.15, 0.2) is 0 Å². The van der Waals surface area contributed by atoms with E-state index in [0.29, 0.717) is 39.0 Å². The average molecular weight is 684 g/mol. The predicted octanol–water partition coefficient (Wildman–Crippen LogP) is 8.09. The van der Waals surface area contributed by atoms with Crippen molar-refractivity contribution in [3.63, 3.8) is 0 Å². The number of halogens is 1. The zero-order valence-corrected chi connectivity index (χ0v) is 27.1. The number of ketones is 2. The van der Waals surface area contributed by atoms with Crippen molar-refractivity contribution in [2.24, 2.45) is 0 Å². The molecule has 8 heteroatoms. The van der Waals surface area contributed by atoms with Gasteiger partial charge in [0.05, 0.1) is 0 Å². The molecule has 0 spiro atoms. The minimum atomic E-state index is -4.08. The number of aryl methyl sites for hydroxylation is 1. The zero-order chi connectivity index (χ0) is 29.7. The van der Waals surface area contributed by atoms with Gasteiger partial charge in [0.1, 0.15) is 0 Å². The molecule has 0 aliphatic heterocycles. The molecule has 5 rings (SSSR count). The number of hydrogen-bond donors (Lipinski definition) is 0. The molecule has 0 aliphatic rings. The summed E-state index contributed by atoms with van der Waals surface area (Å²) in [6.45, 7) is 1.78. The van der Waals surface area contributed by atoms with Crippen LogP contribution in [0.25, 0.3) is 11.4 Å². The molecule has 0 unspecified atom stereocenters. The molecule has 0 amide bonds. The number of aromatic nitrogens is 2. The molecule has 0 aliphatic carbocycles. The molecule has 0 N–H and O–H groups in total. The van der Waals surface area contributed by atoms with Crippen LogP contribution in [0.1, 0.15) is 37.5 Å². The van der Waals surface area contributed by atoms with Crippen LogP contribution in [0.5, 0.6) is 5.88 Å². The van der Waals surface area contributed by atoms with E-state index in [4.69, 9.17) is 22.8 Å². The summed E-state index contributed by atoms with van der Waals surface area (Å²) in [4.78, 5) is 30.9. The van der Waals surface area contributed by atoms with Gasteiger partial charge in [-0.15, -0.1) is 0 Å². The van der Waals surface area contributed by atoms with Crippen molar-refractivity contribution < 1.29 is 15.7 Å². The molecular formula is C34H29ClN2O4Sn. The van der Waals surface area contributed by atoms with E-state index >= 15 is 0 Å². The van der Waals surface area contributed by atoms with Crippen molar-refractivity contribution >= 4 is 48.1 Å². The van der Waals surface area contributed by atoms with Gasteiger partial charge in [-0.1, -0.05) is 0 Å². The molecule has 42 heavy (non-hydrogen) atoms. The Labute approximate surface area is 255 Å². The summed E-state index contributed by atoms with van der Waals surface area (Å²) in [6, 6.07) is 34.7. The topological polar surface area (TPSA) is 70.4 Å². The first-order valence-electron chi connectivity index (χ1n) is 13.4. The van der Waals surface area contributed by atoms with Gasteiger partial charge in [-0.2, -0.15) is 0 Å². The third-order valence-corrected chi connectivity index (χ3v) is 10.7. The number of nitrogens with zero attached hydrogens (tertiary/aromatic N) is 2. The van der Waals surface area contributed by atoms with Gasteiger partial charge < -0.3 is 0 Å². The molecule has 0 saturated carbocycles. The number of rotatable bonds is 10. The van der Waals surface area contributed by atoms with Gasteiger partial charge in [-0.25, -0.2) is 0 Å². The number of benzene rings is 4. The average Bonchev–Trinajstić information content (AvgIpc) is 3.32. The Morgan fingerprint density at radius 1 is 0.762 bits per heavy atom. The standard InChI is InChI=1S/C17H13ClN2O2.C15H12O2.2CH3.Sn/c1-11-15(16(21)12-7-9-13(18)10-8-12)17(22)20(19-11)14-5-3-2-4-6-14;16-14(12-7-3-1-4-8-12)11-15(17)13-9-5-2-6-10-13;;;/h2-10,22H,1H3;1-11,16H;2*1H3;/q;;;;+2/p-2/b;14-11-;;;. The van der Waals surface area contributed by atoms with E-state index in [1.165, 1.54) is 6.08 Å². The normalized spacial score (nSPS) is 11.7. The van der Waals surface area contributed by atoms with Crippen LogP contribution in [-0.4, -0.2) is 40.6 Å². The molecule has 210 valence electrons. The van der Waals surface area contributed by atoms with Gasteiger partial charge in [-0.05, 0) is 0 Å². The molecule has 0 radical (unpaired) electrons. The SMILES string of the molecule is Cc1nn(-c2ccccc2)c([O][Sn]([CH3])([CH3])[O]/C(=C\C(=O)c2ccccc2)c2ccccc2)c1C(=O)c1ccc(Cl)cc1. The molecule has 0 atom stereocenters. The van der Waals surface area contributed by atoms with E-state index in [1.807, 2.05) is 88.7 Å². The van der Waals surface area contributed by atoms with Crippen LogP contribution in [-0.2, 0) is 3.07 Å². The first-order valence-corrected chi connectivity index (χ1v) is 21.8. The maximum atomic E-state index is 13.8. The van der Waals surface area contributed by atoms with Crippen LogP contribution in [0.2, 0.25) is 14.9 Å². The summed E-state index contributed by atoms with van der Waals surface area (Å²) < 4.78 is 15.0. The van der Waals surface area contributed by atoms with Crippen LogP contribution in [0, 0.1) is 6.92 Å². The Hall–Kier alpha value is -4.14.